The topological polar surface area (TPSA) is 79.4 Å². The lowest BCUT2D eigenvalue weighted by molar-refractivity contribution is -0.123. The van der Waals surface area contributed by atoms with Crippen LogP contribution < -0.4 is 5.32 Å². The Morgan fingerprint density at radius 2 is 2.00 bits per heavy atom. The van der Waals surface area contributed by atoms with Crippen LogP contribution in [0.3, 0.4) is 0 Å². The molecule has 8 heteroatoms. The van der Waals surface area contributed by atoms with Gasteiger partial charge in [-0.25, -0.2) is 0 Å². The van der Waals surface area contributed by atoms with Crippen molar-refractivity contribution in [3.8, 4) is 0 Å². The number of nitrogens with zero attached hydrogens (tertiary/aromatic N) is 2. The highest BCUT2D eigenvalue weighted by Gasteiger charge is 2.34. The third kappa shape index (κ3) is 5.71. The Hall–Kier alpha value is -2.58. The van der Waals surface area contributed by atoms with E-state index in [1.165, 1.54) is 16.7 Å². The number of pyridine rings is 1. The van der Waals surface area contributed by atoms with E-state index in [1.54, 1.807) is 18.5 Å². The lowest BCUT2D eigenvalue weighted by atomic mass is 10.2. The molecule has 0 spiro atoms. The zero-order valence-corrected chi connectivity index (χ0v) is 16.7. The zero-order chi connectivity index (χ0) is 19.8. The third-order valence-electron chi connectivity index (χ3n) is 3.85. The summed E-state index contributed by atoms with van der Waals surface area (Å²) in [5, 5.41) is 2.44. The van der Waals surface area contributed by atoms with E-state index in [0.29, 0.717) is 16.4 Å². The van der Waals surface area contributed by atoms with E-state index in [2.05, 4.69) is 10.3 Å². The van der Waals surface area contributed by atoms with Gasteiger partial charge < -0.3 is 5.32 Å². The van der Waals surface area contributed by atoms with Gasteiger partial charge >= 0.3 is 0 Å². The van der Waals surface area contributed by atoms with Crippen LogP contribution in [0.15, 0.2) is 59.8 Å². The van der Waals surface area contributed by atoms with Crippen LogP contribution in [0, 0.1) is 0 Å². The first kappa shape index (κ1) is 20.2. The van der Waals surface area contributed by atoms with Gasteiger partial charge in [-0.05, 0) is 35.0 Å². The van der Waals surface area contributed by atoms with Crippen molar-refractivity contribution in [1.82, 2.24) is 15.2 Å². The number of rotatable bonds is 8. The van der Waals surface area contributed by atoms with Crippen LogP contribution >= 0.6 is 23.5 Å². The average molecular weight is 414 g/mol. The quantitative estimate of drug-likeness (QED) is 0.670. The van der Waals surface area contributed by atoms with Gasteiger partial charge in [0.05, 0.1) is 10.7 Å². The van der Waals surface area contributed by atoms with Gasteiger partial charge in [-0.3, -0.25) is 24.3 Å². The molecule has 1 aliphatic rings. The highest BCUT2D eigenvalue weighted by molar-refractivity contribution is 8.18. The van der Waals surface area contributed by atoms with Crippen LogP contribution in [0.1, 0.15) is 11.1 Å². The van der Waals surface area contributed by atoms with Crippen LogP contribution in [0.4, 0.5) is 4.79 Å². The number of thioether (sulfide) groups is 2. The molecule has 1 N–H and O–H groups in total. The molecule has 1 aromatic carbocycles. The fourth-order valence-electron chi connectivity index (χ4n) is 2.50. The van der Waals surface area contributed by atoms with Crippen LogP contribution in [0.5, 0.6) is 0 Å². The number of hydrogen-bond acceptors (Lipinski definition) is 6. The average Bonchev–Trinajstić information content (AvgIpc) is 2.97. The van der Waals surface area contributed by atoms with Crippen molar-refractivity contribution < 1.29 is 14.4 Å². The summed E-state index contributed by atoms with van der Waals surface area (Å²) in [4.78, 5) is 42.0. The predicted octanol–water partition coefficient (Wildman–Crippen LogP) is 3.17. The van der Waals surface area contributed by atoms with Crippen molar-refractivity contribution in [3.05, 3.63) is 70.9 Å². The van der Waals surface area contributed by atoms with Crippen molar-refractivity contribution in [1.29, 1.82) is 0 Å². The number of hydrogen-bond donors (Lipinski definition) is 1. The molecule has 1 fully saturated rings. The smallest absolute Gasteiger partial charge is 0.293 e. The SMILES string of the molecule is O=C(CSCc1cccnc1)NCCN1C(=O)S/C(=C/c2ccccc2)C1=O. The minimum Gasteiger partial charge on any atom is -0.354 e. The van der Waals surface area contributed by atoms with Crippen molar-refractivity contribution >= 4 is 46.7 Å². The van der Waals surface area contributed by atoms with Gasteiger partial charge in [0.15, 0.2) is 0 Å². The first-order chi connectivity index (χ1) is 13.6. The number of carbonyl (C=O) groups excluding carboxylic acids is 3. The first-order valence-corrected chi connectivity index (χ1v) is 10.6. The first-order valence-electron chi connectivity index (χ1n) is 8.67. The van der Waals surface area contributed by atoms with E-state index in [-0.39, 0.29) is 30.1 Å². The van der Waals surface area contributed by atoms with Crippen LogP contribution in [0.25, 0.3) is 6.08 Å². The Morgan fingerprint density at radius 1 is 1.18 bits per heavy atom. The molecule has 0 saturated carbocycles. The monoisotopic (exact) mass is 413 g/mol. The Labute approximate surface area is 171 Å². The number of carbonyl (C=O) groups is 3. The molecule has 1 aromatic heterocycles. The van der Waals surface area contributed by atoms with Gasteiger partial charge in [0.2, 0.25) is 5.91 Å². The summed E-state index contributed by atoms with van der Waals surface area (Å²) in [5.74, 6) is 0.569. The molecule has 3 rings (SSSR count). The van der Waals surface area contributed by atoms with Gasteiger partial charge in [-0.2, -0.15) is 0 Å². The summed E-state index contributed by atoms with van der Waals surface area (Å²) >= 11 is 2.41. The summed E-state index contributed by atoms with van der Waals surface area (Å²) in [5.41, 5.74) is 1.93. The summed E-state index contributed by atoms with van der Waals surface area (Å²) in [6.07, 6.45) is 5.19. The van der Waals surface area contributed by atoms with Gasteiger partial charge in [-0.15, -0.1) is 11.8 Å². The fraction of sp³-hybridized carbons (Fsp3) is 0.200. The van der Waals surface area contributed by atoms with E-state index in [4.69, 9.17) is 0 Å². The molecule has 6 nitrogen and oxygen atoms in total. The summed E-state index contributed by atoms with van der Waals surface area (Å²) < 4.78 is 0. The summed E-state index contributed by atoms with van der Waals surface area (Å²) in [6, 6.07) is 13.2. The molecule has 2 aromatic rings. The zero-order valence-electron chi connectivity index (χ0n) is 15.0. The molecular weight excluding hydrogens is 394 g/mol. The Kier molecular flexibility index (Phi) is 7.27. The van der Waals surface area contributed by atoms with Crippen LogP contribution in [-0.2, 0) is 15.3 Å². The fourth-order valence-corrected chi connectivity index (χ4v) is 4.16. The minimum atomic E-state index is -0.320. The van der Waals surface area contributed by atoms with E-state index in [0.717, 1.165) is 22.9 Å². The van der Waals surface area contributed by atoms with E-state index in [1.807, 2.05) is 42.5 Å². The Morgan fingerprint density at radius 3 is 2.75 bits per heavy atom. The van der Waals surface area contributed by atoms with Crippen molar-refractivity contribution in [2.24, 2.45) is 0 Å². The maximum Gasteiger partial charge on any atom is 0.293 e. The van der Waals surface area contributed by atoms with Crippen molar-refractivity contribution in [3.63, 3.8) is 0 Å². The number of imide groups is 1. The standard InChI is InChI=1S/C20H19N3O3S2/c24-18(14-27-13-16-7-4-8-21-12-16)22-9-10-23-19(25)17(28-20(23)26)11-15-5-2-1-3-6-15/h1-8,11-12H,9-10,13-14H2,(H,22,24)/b17-11+. The molecule has 0 unspecified atom stereocenters. The number of amides is 3. The molecule has 2 heterocycles. The molecule has 28 heavy (non-hydrogen) atoms. The largest absolute Gasteiger partial charge is 0.354 e. The summed E-state index contributed by atoms with van der Waals surface area (Å²) in [7, 11) is 0. The molecule has 1 saturated heterocycles. The molecular formula is C20H19N3O3S2. The molecule has 0 radical (unpaired) electrons. The molecule has 0 atom stereocenters. The van der Waals surface area contributed by atoms with Gasteiger partial charge in [0.25, 0.3) is 11.1 Å². The van der Waals surface area contributed by atoms with E-state index in [9.17, 15) is 14.4 Å². The molecule has 1 aliphatic heterocycles. The highest BCUT2D eigenvalue weighted by atomic mass is 32.2. The predicted molar refractivity (Wildman–Crippen MR) is 113 cm³/mol. The van der Waals surface area contributed by atoms with Crippen molar-refractivity contribution in [2.45, 2.75) is 5.75 Å². The maximum absolute atomic E-state index is 12.4. The Balaban J connectivity index is 1.41. The molecule has 3 amide bonds. The normalized spacial score (nSPS) is 15.3. The minimum absolute atomic E-state index is 0.124. The molecule has 0 aliphatic carbocycles. The van der Waals surface area contributed by atoms with Gasteiger partial charge in [0.1, 0.15) is 0 Å². The molecule has 0 bridgehead atoms. The van der Waals surface area contributed by atoms with Gasteiger partial charge in [-0.1, -0.05) is 36.4 Å². The van der Waals surface area contributed by atoms with Crippen molar-refractivity contribution in [2.75, 3.05) is 18.8 Å². The Bertz CT molecular complexity index is 873. The second-order valence-corrected chi connectivity index (χ2v) is 7.93. The number of nitrogens with one attached hydrogen (secondary N) is 1. The highest BCUT2D eigenvalue weighted by Crippen LogP contribution is 2.31. The lowest BCUT2D eigenvalue weighted by Crippen LogP contribution is -2.37. The number of aromatic nitrogens is 1. The van der Waals surface area contributed by atoms with E-state index < -0.39 is 0 Å². The summed E-state index contributed by atoms with van der Waals surface area (Å²) in [6.45, 7) is 0.402. The number of benzene rings is 1. The second-order valence-electron chi connectivity index (χ2n) is 5.95. The van der Waals surface area contributed by atoms with Crippen LogP contribution in [-0.4, -0.2) is 45.8 Å². The maximum atomic E-state index is 12.4. The second kappa shape index (κ2) is 10.1. The lowest BCUT2D eigenvalue weighted by Gasteiger charge is -2.13. The van der Waals surface area contributed by atoms with Crippen LogP contribution in [0.2, 0.25) is 0 Å². The molecule has 144 valence electrons. The third-order valence-corrected chi connectivity index (χ3v) is 5.76. The van der Waals surface area contributed by atoms with Gasteiger partial charge in [0, 0.05) is 31.2 Å². The van der Waals surface area contributed by atoms with E-state index >= 15 is 0 Å².